The quantitative estimate of drug-likeness (QED) is 0.658. The molecule has 0 bridgehead atoms. The predicted octanol–water partition coefficient (Wildman–Crippen LogP) is 3.48. The van der Waals surface area contributed by atoms with Gasteiger partial charge in [-0.2, -0.15) is 8.78 Å². The lowest BCUT2D eigenvalue weighted by molar-refractivity contribution is -0.384. The maximum absolute atomic E-state index is 12.5. The summed E-state index contributed by atoms with van der Waals surface area (Å²) in [5.74, 6) is -0.965. The monoisotopic (exact) mass is 350 g/mol. The van der Waals surface area contributed by atoms with E-state index in [4.69, 9.17) is 4.74 Å². The van der Waals surface area contributed by atoms with Crippen LogP contribution in [0.15, 0.2) is 36.4 Å². The van der Waals surface area contributed by atoms with Crippen LogP contribution < -0.4 is 10.1 Å². The standard InChI is InChI=1S/C16H12F2N2O5/c17-16(18)25-14-4-3-12(20(22)23)6-13(14)19-15(21)9-1-2-10-7-24-8-11(10)5-9/h1-6,16H,7-8H2,(H,19,21). The summed E-state index contributed by atoms with van der Waals surface area (Å²) in [6.45, 7) is -2.28. The number of anilines is 1. The molecule has 1 heterocycles. The highest BCUT2D eigenvalue weighted by atomic mass is 19.3. The van der Waals surface area contributed by atoms with Crippen LogP contribution in [-0.4, -0.2) is 17.4 Å². The van der Waals surface area contributed by atoms with E-state index in [0.29, 0.717) is 13.2 Å². The second kappa shape index (κ2) is 6.81. The van der Waals surface area contributed by atoms with Crippen LogP contribution in [0.4, 0.5) is 20.2 Å². The van der Waals surface area contributed by atoms with Crippen LogP contribution >= 0.6 is 0 Å². The van der Waals surface area contributed by atoms with Gasteiger partial charge in [0.25, 0.3) is 11.6 Å². The molecule has 3 rings (SSSR count). The molecule has 1 N–H and O–H groups in total. The zero-order valence-electron chi connectivity index (χ0n) is 12.7. The fourth-order valence-corrected chi connectivity index (χ4v) is 2.44. The Morgan fingerprint density at radius 2 is 1.96 bits per heavy atom. The van der Waals surface area contributed by atoms with Crippen molar-refractivity contribution in [2.45, 2.75) is 19.8 Å². The van der Waals surface area contributed by atoms with Crippen LogP contribution in [0.5, 0.6) is 5.75 Å². The number of ether oxygens (including phenoxy) is 2. The number of halogens is 2. The number of hydrogen-bond acceptors (Lipinski definition) is 5. The van der Waals surface area contributed by atoms with Gasteiger partial charge in [0.15, 0.2) is 0 Å². The normalized spacial score (nSPS) is 12.8. The molecule has 1 amide bonds. The van der Waals surface area contributed by atoms with Crippen LogP contribution in [0.2, 0.25) is 0 Å². The largest absolute Gasteiger partial charge is 0.433 e. The molecular weight excluding hydrogens is 338 g/mol. The first-order valence-corrected chi connectivity index (χ1v) is 7.18. The highest BCUT2D eigenvalue weighted by Crippen LogP contribution is 2.31. The van der Waals surface area contributed by atoms with Crippen LogP contribution in [0.25, 0.3) is 0 Å². The summed E-state index contributed by atoms with van der Waals surface area (Å²) in [5.41, 5.74) is 1.53. The number of nitro groups is 1. The Labute approximate surface area is 140 Å². The number of carbonyl (C=O) groups excluding carboxylic acids is 1. The van der Waals surface area contributed by atoms with Gasteiger partial charge in [-0.3, -0.25) is 14.9 Å². The Balaban J connectivity index is 1.88. The molecule has 0 radical (unpaired) electrons. The van der Waals surface area contributed by atoms with Crippen LogP contribution in [0, 0.1) is 10.1 Å². The van der Waals surface area contributed by atoms with Crippen molar-refractivity contribution >= 4 is 17.3 Å². The Hall–Kier alpha value is -3.07. The number of hydrogen-bond donors (Lipinski definition) is 1. The minimum Gasteiger partial charge on any atom is -0.433 e. The second-order valence-corrected chi connectivity index (χ2v) is 5.25. The Morgan fingerprint density at radius 3 is 2.68 bits per heavy atom. The third-order valence-electron chi connectivity index (χ3n) is 3.62. The maximum Gasteiger partial charge on any atom is 0.387 e. The average Bonchev–Trinajstić information content (AvgIpc) is 3.03. The van der Waals surface area contributed by atoms with E-state index in [1.54, 1.807) is 18.2 Å². The number of nitrogens with one attached hydrogen (secondary N) is 1. The van der Waals surface area contributed by atoms with Gasteiger partial charge in [-0.1, -0.05) is 6.07 Å². The molecule has 0 spiro atoms. The summed E-state index contributed by atoms with van der Waals surface area (Å²) in [6.07, 6.45) is 0. The molecule has 9 heteroatoms. The zero-order chi connectivity index (χ0) is 18.0. The molecule has 0 fully saturated rings. The number of rotatable bonds is 5. The first-order valence-electron chi connectivity index (χ1n) is 7.18. The summed E-state index contributed by atoms with van der Waals surface area (Å²) in [5, 5.41) is 13.2. The summed E-state index contributed by atoms with van der Waals surface area (Å²) in [7, 11) is 0. The fraction of sp³-hybridized carbons (Fsp3) is 0.188. The topological polar surface area (TPSA) is 90.7 Å². The smallest absolute Gasteiger partial charge is 0.387 e. The average molecular weight is 350 g/mol. The van der Waals surface area contributed by atoms with E-state index in [1.165, 1.54) is 0 Å². The van der Waals surface area contributed by atoms with E-state index in [9.17, 15) is 23.7 Å². The molecule has 2 aromatic carbocycles. The third kappa shape index (κ3) is 3.72. The minimum atomic E-state index is -3.13. The van der Waals surface area contributed by atoms with E-state index >= 15 is 0 Å². The van der Waals surface area contributed by atoms with Crippen molar-refractivity contribution in [1.29, 1.82) is 0 Å². The van der Waals surface area contributed by atoms with Gasteiger partial charge in [0.1, 0.15) is 5.75 Å². The molecule has 25 heavy (non-hydrogen) atoms. The first kappa shape index (κ1) is 16.8. The molecule has 7 nitrogen and oxygen atoms in total. The molecule has 0 saturated heterocycles. The molecule has 2 aromatic rings. The second-order valence-electron chi connectivity index (χ2n) is 5.25. The predicted molar refractivity (Wildman–Crippen MR) is 82.6 cm³/mol. The molecule has 0 atom stereocenters. The number of benzene rings is 2. The van der Waals surface area contributed by atoms with E-state index in [2.05, 4.69) is 10.1 Å². The zero-order valence-corrected chi connectivity index (χ0v) is 12.7. The molecule has 0 aliphatic carbocycles. The van der Waals surface area contributed by atoms with Crippen LogP contribution in [-0.2, 0) is 18.0 Å². The minimum absolute atomic E-state index is 0.212. The van der Waals surface area contributed by atoms with Crippen LogP contribution in [0.1, 0.15) is 21.5 Å². The third-order valence-corrected chi connectivity index (χ3v) is 3.62. The van der Waals surface area contributed by atoms with Gasteiger partial charge < -0.3 is 14.8 Å². The number of non-ortho nitro benzene ring substituents is 1. The van der Waals surface area contributed by atoms with Gasteiger partial charge in [-0.25, -0.2) is 0 Å². The highest BCUT2D eigenvalue weighted by molar-refractivity contribution is 6.05. The van der Waals surface area contributed by atoms with E-state index < -0.39 is 17.4 Å². The summed E-state index contributed by atoms with van der Waals surface area (Å²) in [6, 6.07) is 7.92. The van der Waals surface area contributed by atoms with Crippen LogP contribution in [0.3, 0.4) is 0 Å². The van der Waals surface area contributed by atoms with E-state index in [-0.39, 0.29) is 22.7 Å². The number of nitro benzene ring substituents is 1. The maximum atomic E-state index is 12.5. The molecular formula is C16H12F2N2O5. The van der Waals surface area contributed by atoms with Gasteiger partial charge in [-0.15, -0.1) is 0 Å². The van der Waals surface area contributed by atoms with Crippen molar-refractivity contribution in [3.63, 3.8) is 0 Å². The lowest BCUT2D eigenvalue weighted by Crippen LogP contribution is -2.14. The van der Waals surface area contributed by atoms with Crippen molar-refractivity contribution in [2.75, 3.05) is 5.32 Å². The van der Waals surface area contributed by atoms with Crippen molar-refractivity contribution in [1.82, 2.24) is 0 Å². The Morgan fingerprint density at radius 1 is 1.20 bits per heavy atom. The SMILES string of the molecule is O=C(Nc1cc([N+](=O)[O-])ccc1OC(F)F)c1ccc2c(c1)COC2. The number of alkyl halides is 2. The summed E-state index contributed by atoms with van der Waals surface area (Å²) in [4.78, 5) is 22.5. The first-order chi connectivity index (χ1) is 11.9. The summed E-state index contributed by atoms with van der Waals surface area (Å²) < 4.78 is 34.5. The van der Waals surface area contributed by atoms with Gasteiger partial charge in [0.2, 0.25) is 0 Å². The molecule has 130 valence electrons. The van der Waals surface area contributed by atoms with E-state index in [0.717, 1.165) is 29.3 Å². The molecule has 1 aliphatic heterocycles. The Bertz CT molecular complexity index is 841. The number of nitrogens with zero attached hydrogens (tertiary/aromatic N) is 1. The highest BCUT2D eigenvalue weighted by Gasteiger charge is 2.19. The molecule has 0 aromatic heterocycles. The van der Waals surface area contributed by atoms with E-state index in [1.807, 2.05) is 0 Å². The van der Waals surface area contributed by atoms with Gasteiger partial charge in [-0.05, 0) is 29.3 Å². The lowest BCUT2D eigenvalue weighted by atomic mass is 10.1. The van der Waals surface area contributed by atoms with Gasteiger partial charge >= 0.3 is 6.61 Å². The van der Waals surface area contributed by atoms with Crippen molar-refractivity contribution in [3.8, 4) is 5.75 Å². The number of carbonyl (C=O) groups is 1. The molecule has 0 unspecified atom stereocenters. The number of fused-ring (bicyclic) bond motifs is 1. The molecule has 0 saturated carbocycles. The van der Waals surface area contributed by atoms with Gasteiger partial charge in [0, 0.05) is 17.7 Å². The summed E-state index contributed by atoms with van der Waals surface area (Å²) >= 11 is 0. The van der Waals surface area contributed by atoms with Gasteiger partial charge in [0.05, 0.1) is 23.8 Å². The van der Waals surface area contributed by atoms with Crippen molar-refractivity contribution in [2.24, 2.45) is 0 Å². The van der Waals surface area contributed by atoms with Crippen molar-refractivity contribution in [3.05, 3.63) is 63.2 Å². The number of amides is 1. The lowest BCUT2D eigenvalue weighted by Gasteiger charge is -2.12. The van der Waals surface area contributed by atoms with Crippen molar-refractivity contribution < 1.29 is 28.0 Å². The Kier molecular flexibility index (Phi) is 4.57. The fourth-order valence-electron chi connectivity index (χ4n) is 2.44. The molecule has 1 aliphatic rings.